The molecule has 0 amide bonds. The summed E-state index contributed by atoms with van der Waals surface area (Å²) in [6.45, 7) is 6.93. The van der Waals surface area contributed by atoms with Crippen molar-refractivity contribution >= 4 is 71.1 Å². The lowest BCUT2D eigenvalue weighted by Gasteiger charge is -2.04. The highest BCUT2D eigenvalue weighted by Crippen LogP contribution is 2.37. The molecule has 11 heterocycles. The number of aryl methyl sites for hydroxylation is 2. The monoisotopic (exact) mass is 1590 g/mol. The van der Waals surface area contributed by atoms with E-state index in [1.54, 1.807) is 58.5 Å². The number of halogens is 1. The Labute approximate surface area is 679 Å². The van der Waals surface area contributed by atoms with E-state index in [0.29, 0.717) is 94.9 Å². The van der Waals surface area contributed by atoms with Crippen LogP contribution in [0.1, 0.15) is 72.5 Å². The molecule has 588 valence electrons. The maximum atomic E-state index is 13.7. The first-order valence-corrected chi connectivity index (χ1v) is 39.0. The third-order valence-corrected chi connectivity index (χ3v) is 20.6. The standard InChI is InChI=1S/C20H16N2O3.C20H18N2O2.C19H15FN2O2.C19H16N2O2.C17H14N2O2S/c1-13-7-8-15-16(11-13)22(12-14-5-3-2-4-6-14)21-19(15)17-9-10-18(25-17)20(23)24;1-14-7-9-17-18(11-14)22(12-15-5-3-2-4-6-15)21-20(17)19-10-8-16(13-23)24-19;20-14-6-8-16-17(10-14)22(11-13-4-2-1-3-5-13)21-19(16)18-9-7-15(12-23)24-18;22-13-15-10-11-18(23-15)19-16-8-4-5-9-17(16)21(20-19)12-14-6-2-1-3-7-14;20-11-13-6-7-15(21-13)16-17-14(8-9-22-17)19(18-16)10-12-4-2-1-3-5-12/h2-11H,12H2,1H3,(H,23,24);2-11,23H,12-13H2,1H3;1-10,23H,11-12H2;1-11,22H,12-13H2;1-9,20H,10-11H2. The predicted octanol–water partition coefficient (Wildman–Crippen LogP) is 20.2. The summed E-state index contributed by atoms with van der Waals surface area (Å²) in [7, 11) is 0. The first kappa shape index (κ1) is 77.6. The molecule has 0 unspecified atom stereocenters. The normalized spacial score (nSPS) is 11.2. The zero-order chi connectivity index (χ0) is 81.0. The fraction of sp³-hybridized carbons (Fsp3) is 0.116. The summed E-state index contributed by atoms with van der Waals surface area (Å²) < 4.78 is 52.6. The second kappa shape index (κ2) is 35.6. The highest BCUT2D eigenvalue weighted by Gasteiger charge is 2.23. The summed E-state index contributed by atoms with van der Waals surface area (Å²) in [5.74, 6) is 3.70. The fourth-order valence-corrected chi connectivity index (χ4v) is 14.8. The number of fused-ring (bicyclic) bond motifs is 5. The molecule has 20 aromatic rings. The van der Waals surface area contributed by atoms with Crippen LogP contribution in [0.25, 0.3) is 111 Å². The van der Waals surface area contributed by atoms with Gasteiger partial charge in [0, 0.05) is 21.5 Å². The third kappa shape index (κ3) is 17.5. The number of aliphatic hydroxyl groups excluding tert-OH is 4. The molecule has 0 saturated heterocycles. The Kier molecular flexibility index (Phi) is 23.4. The highest BCUT2D eigenvalue weighted by atomic mass is 32.1. The zero-order valence-corrected chi connectivity index (χ0v) is 65.0. The smallest absolute Gasteiger partial charge is 0.371 e. The molecule has 20 rings (SSSR count). The van der Waals surface area contributed by atoms with Crippen molar-refractivity contribution in [1.82, 2.24) is 48.9 Å². The van der Waals surface area contributed by atoms with Crippen LogP contribution in [0.15, 0.2) is 325 Å². The topological polar surface area (TPSA) is 273 Å². The average Bonchev–Trinajstić information content (AvgIpc) is 1.65. The number of hydrogen-bond acceptors (Lipinski definition) is 16. The summed E-state index contributed by atoms with van der Waals surface area (Å²) in [6.07, 6.45) is 0. The van der Waals surface area contributed by atoms with E-state index < -0.39 is 5.97 Å². The second-order valence-electron chi connectivity index (χ2n) is 28.0. The Morgan fingerprint density at radius 1 is 0.322 bits per heavy atom. The Hall–Kier alpha value is -14.3. The van der Waals surface area contributed by atoms with Gasteiger partial charge in [-0.15, -0.1) is 11.3 Å². The quantitative estimate of drug-likeness (QED) is 0.0474. The second-order valence-corrected chi connectivity index (χ2v) is 28.9. The number of carboxylic acids is 1. The number of nitrogens with zero attached hydrogens (tertiary/aromatic N) is 10. The summed E-state index contributed by atoms with van der Waals surface area (Å²) in [5, 5.41) is 75.3. The van der Waals surface area contributed by atoms with Crippen LogP contribution in [0.3, 0.4) is 0 Å². The van der Waals surface area contributed by atoms with Crippen molar-refractivity contribution in [1.29, 1.82) is 0 Å². The van der Waals surface area contributed by atoms with Gasteiger partial charge in [0.05, 0.1) is 65.0 Å². The molecule has 0 spiro atoms. The number of furan rings is 5. The van der Waals surface area contributed by atoms with Crippen LogP contribution < -0.4 is 0 Å². The van der Waals surface area contributed by atoms with Gasteiger partial charge < -0.3 is 47.6 Å². The molecule has 0 saturated carbocycles. The van der Waals surface area contributed by atoms with Crippen LogP contribution >= 0.6 is 11.3 Å². The molecule has 0 aliphatic heterocycles. The van der Waals surface area contributed by atoms with E-state index in [4.69, 9.17) is 52.7 Å². The van der Waals surface area contributed by atoms with E-state index in [9.17, 15) is 24.5 Å². The van der Waals surface area contributed by atoms with Gasteiger partial charge >= 0.3 is 5.97 Å². The van der Waals surface area contributed by atoms with Gasteiger partial charge in [-0.05, 0) is 161 Å². The molecule has 5 N–H and O–H groups in total. The van der Waals surface area contributed by atoms with Crippen LogP contribution in [0, 0.1) is 19.7 Å². The highest BCUT2D eigenvalue weighted by molar-refractivity contribution is 7.17. The minimum Gasteiger partial charge on any atom is -0.475 e. The number of benzene rings is 9. The van der Waals surface area contributed by atoms with E-state index in [1.807, 2.05) is 177 Å². The molecule has 0 atom stereocenters. The van der Waals surface area contributed by atoms with Crippen LogP contribution in [0.2, 0.25) is 0 Å². The minimum atomic E-state index is -1.09. The maximum absolute atomic E-state index is 13.7. The first-order chi connectivity index (χ1) is 57.8. The lowest BCUT2D eigenvalue weighted by Crippen LogP contribution is -2.01. The number of para-hydroxylation sites is 1. The number of rotatable bonds is 20. The van der Waals surface area contributed by atoms with Gasteiger partial charge in [0.15, 0.2) is 28.8 Å². The van der Waals surface area contributed by atoms with Gasteiger partial charge in [-0.3, -0.25) is 23.4 Å². The van der Waals surface area contributed by atoms with Crippen LogP contribution in [-0.4, -0.2) is 80.4 Å². The van der Waals surface area contributed by atoms with E-state index >= 15 is 0 Å². The van der Waals surface area contributed by atoms with Crippen molar-refractivity contribution in [3.63, 3.8) is 0 Å². The van der Waals surface area contributed by atoms with Crippen LogP contribution in [0.4, 0.5) is 4.39 Å². The van der Waals surface area contributed by atoms with Crippen LogP contribution in [0.5, 0.6) is 0 Å². The van der Waals surface area contributed by atoms with Crippen molar-refractivity contribution in [2.75, 3.05) is 0 Å². The summed E-state index contributed by atoms with van der Waals surface area (Å²) in [4.78, 5) is 11.1. The van der Waals surface area contributed by atoms with Gasteiger partial charge in [-0.25, -0.2) is 9.18 Å². The van der Waals surface area contributed by atoms with Gasteiger partial charge in [0.2, 0.25) is 5.76 Å². The van der Waals surface area contributed by atoms with Crippen molar-refractivity contribution < 1.29 is 56.8 Å². The molecule has 11 aromatic heterocycles. The molecular weight excluding hydrogens is 1510 g/mol. The number of hydrogen-bond donors (Lipinski definition) is 5. The Balaban J connectivity index is 0.000000110. The SMILES string of the molecule is Cc1ccc2c(-c3ccc(C(=O)O)o3)nn(Cc3ccccc3)c2c1.Cc1ccc2c(-c3ccc(CO)o3)nn(Cc3ccccc3)c2c1.OCc1ccc(-c2nn(Cc3ccccc3)c3cc(F)ccc23)o1.OCc1ccc(-c2nn(Cc3ccccc3)c3ccccc23)o1.OCc1ccc(-c2nn(Cc3ccccc3)c3ccsc23)o1. The van der Waals surface area contributed by atoms with Gasteiger partial charge in [-0.1, -0.05) is 194 Å². The lowest BCUT2D eigenvalue weighted by atomic mass is 10.1. The number of aromatic nitrogens is 10. The zero-order valence-electron chi connectivity index (χ0n) is 64.2. The predicted molar refractivity (Wildman–Crippen MR) is 453 cm³/mol. The first-order valence-electron chi connectivity index (χ1n) is 38.1. The fourth-order valence-electron chi connectivity index (χ4n) is 14.0. The Morgan fingerprint density at radius 3 is 0.992 bits per heavy atom. The average molecular weight is 1590 g/mol. The van der Waals surface area contributed by atoms with Crippen molar-refractivity contribution in [3.8, 4) is 57.3 Å². The molecule has 0 fully saturated rings. The molecule has 0 aliphatic carbocycles. The summed E-state index contributed by atoms with van der Waals surface area (Å²) in [6, 6.07) is 95.4. The third-order valence-electron chi connectivity index (χ3n) is 19.7. The minimum absolute atomic E-state index is 0.0899. The molecule has 0 aliphatic rings. The molecule has 0 bridgehead atoms. The number of aromatic carboxylic acids is 1. The Morgan fingerprint density at radius 2 is 0.627 bits per heavy atom. The van der Waals surface area contributed by atoms with E-state index in [1.165, 1.54) is 40.5 Å². The summed E-state index contributed by atoms with van der Waals surface area (Å²) >= 11 is 1.65. The largest absolute Gasteiger partial charge is 0.475 e. The van der Waals surface area contributed by atoms with Crippen molar-refractivity contribution in [3.05, 3.63) is 376 Å². The Bertz CT molecular complexity index is 6600. The van der Waals surface area contributed by atoms with Gasteiger partial charge in [0.1, 0.15) is 83.8 Å². The van der Waals surface area contributed by atoms with Gasteiger partial charge in [-0.2, -0.15) is 25.5 Å². The molecule has 118 heavy (non-hydrogen) atoms. The van der Waals surface area contributed by atoms with E-state index in [0.717, 1.165) is 88.6 Å². The molecule has 23 heteroatoms. The van der Waals surface area contributed by atoms with Crippen molar-refractivity contribution in [2.24, 2.45) is 0 Å². The number of thiophene rings is 1. The lowest BCUT2D eigenvalue weighted by molar-refractivity contribution is 0.0663. The maximum Gasteiger partial charge on any atom is 0.371 e. The van der Waals surface area contributed by atoms with E-state index in [-0.39, 0.29) is 38.0 Å². The summed E-state index contributed by atoms with van der Waals surface area (Å²) in [5.41, 5.74) is 16.8. The van der Waals surface area contributed by atoms with Gasteiger partial charge in [0.25, 0.3) is 0 Å². The number of carbonyl (C=O) groups is 1. The molecule has 21 nitrogen and oxygen atoms in total. The van der Waals surface area contributed by atoms with Crippen molar-refractivity contribution in [2.45, 2.75) is 73.0 Å². The van der Waals surface area contributed by atoms with Crippen LogP contribution in [-0.2, 0) is 59.2 Å². The number of carboxylic acid groups (broad SMARTS) is 1. The molecular formula is C95H79FN10O11S. The molecule has 0 radical (unpaired) electrons. The molecule has 9 aromatic carbocycles. The number of aliphatic hydroxyl groups is 4. The van der Waals surface area contributed by atoms with E-state index in [2.05, 4.69) is 102 Å².